The average Bonchev–Trinajstić information content (AvgIpc) is 2.50. The number of phenols is 1. The molecule has 0 aliphatic heterocycles. The Morgan fingerprint density at radius 1 is 1.09 bits per heavy atom. The summed E-state index contributed by atoms with van der Waals surface area (Å²) in [5.41, 5.74) is 7.58. The molecule has 22 heavy (non-hydrogen) atoms. The highest BCUT2D eigenvalue weighted by Crippen LogP contribution is 2.34. The van der Waals surface area contributed by atoms with Gasteiger partial charge in [-0.25, -0.2) is 0 Å². The minimum atomic E-state index is -0.782. The minimum Gasteiger partial charge on any atom is -0.504 e. The summed E-state index contributed by atoms with van der Waals surface area (Å²) < 4.78 is 5.34. The van der Waals surface area contributed by atoms with Crippen molar-refractivity contribution in [2.75, 3.05) is 6.61 Å². The second kappa shape index (κ2) is 8.63. The molecule has 0 spiro atoms. The van der Waals surface area contributed by atoms with Gasteiger partial charge in [-0.3, -0.25) is 0 Å². The number of ether oxygens (including phenoxy) is 1. The molecule has 0 aliphatic carbocycles. The van der Waals surface area contributed by atoms with Crippen molar-refractivity contribution in [3.63, 3.8) is 0 Å². The van der Waals surface area contributed by atoms with Gasteiger partial charge in [-0.15, -0.1) is 12.4 Å². The molecule has 0 heterocycles. The summed E-state index contributed by atoms with van der Waals surface area (Å²) in [6.45, 7) is 2.30. The number of nitrogens with two attached hydrogens (primary N) is 1. The Morgan fingerprint density at radius 3 is 2.41 bits per heavy atom. The highest BCUT2D eigenvalue weighted by molar-refractivity contribution is 5.85. The molecule has 5 heteroatoms. The van der Waals surface area contributed by atoms with E-state index in [9.17, 15) is 10.2 Å². The van der Waals surface area contributed by atoms with Crippen LogP contribution in [0, 0.1) is 0 Å². The van der Waals surface area contributed by atoms with Crippen molar-refractivity contribution < 1.29 is 14.9 Å². The van der Waals surface area contributed by atoms with Crippen LogP contribution in [0.2, 0.25) is 0 Å². The molecule has 0 radical (unpaired) electrons. The van der Waals surface area contributed by atoms with E-state index in [-0.39, 0.29) is 18.2 Å². The molecule has 0 saturated heterocycles. The molecule has 0 saturated carbocycles. The van der Waals surface area contributed by atoms with Gasteiger partial charge in [0.2, 0.25) is 0 Å². The summed E-state index contributed by atoms with van der Waals surface area (Å²) in [5, 5.41) is 20.5. The van der Waals surface area contributed by atoms with Gasteiger partial charge < -0.3 is 20.7 Å². The normalized spacial score (nSPS) is 13.0. The summed E-state index contributed by atoms with van der Waals surface area (Å²) in [7, 11) is 0. The van der Waals surface area contributed by atoms with Crippen molar-refractivity contribution >= 4 is 12.4 Å². The van der Waals surface area contributed by atoms with E-state index in [1.165, 1.54) is 0 Å². The molecule has 0 aliphatic rings. The molecule has 2 aromatic rings. The predicted octanol–water partition coefficient (Wildman–Crippen LogP) is 2.82. The topological polar surface area (TPSA) is 75.7 Å². The second-order valence-electron chi connectivity index (χ2n) is 4.91. The Morgan fingerprint density at radius 2 is 1.77 bits per heavy atom. The van der Waals surface area contributed by atoms with Gasteiger partial charge in [0.1, 0.15) is 0 Å². The van der Waals surface area contributed by atoms with E-state index in [2.05, 4.69) is 0 Å². The molecule has 4 nitrogen and oxygen atoms in total. The number of rotatable bonds is 6. The molecular weight excluding hydrogens is 302 g/mol. The fourth-order valence-electron chi connectivity index (χ4n) is 2.27. The number of aliphatic hydroxyl groups excluding tert-OH is 1. The maximum atomic E-state index is 10.3. The number of phenolic OH excluding ortho intramolecular Hbond substituents is 1. The number of halogens is 1. The highest BCUT2D eigenvalue weighted by atomic mass is 35.5. The smallest absolute Gasteiger partial charge is 0.162 e. The molecule has 0 bridgehead atoms. The quantitative estimate of drug-likeness (QED) is 0.764. The summed E-state index contributed by atoms with van der Waals surface area (Å²) in [4.78, 5) is 0. The van der Waals surface area contributed by atoms with E-state index in [1.54, 1.807) is 18.2 Å². The zero-order chi connectivity index (χ0) is 15.2. The highest BCUT2D eigenvalue weighted by Gasteiger charge is 2.22. The zero-order valence-corrected chi connectivity index (χ0v) is 13.3. The molecule has 0 unspecified atom stereocenters. The molecule has 2 aromatic carbocycles. The minimum absolute atomic E-state index is 0. The van der Waals surface area contributed by atoms with Crippen LogP contribution in [0.4, 0.5) is 0 Å². The van der Waals surface area contributed by atoms with Crippen LogP contribution < -0.4 is 10.5 Å². The second-order valence-corrected chi connectivity index (χ2v) is 4.91. The number of hydrogen-bond donors (Lipinski definition) is 3. The first-order valence-electron chi connectivity index (χ1n) is 7.05. The fraction of sp³-hybridized carbons (Fsp3) is 0.294. The lowest BCUT2D eigenvalue weighted by molar-refractivity contribution is 0.143. The van der Waals surface area contributed by atoms with Gasteiger partial charge in [-0.05, 0) is 18.6 Å². The lowest BCUT2D eigenvalue weighted by Crippen LogP contribution is -2.28. The van der Waals surface area contributed by atoms with E-state index in [0.29, 0.717) is 24.3 Å². The average molecular weight is 324 g/mol. The summed E-state index contributed by atoms with van der Waals surface area (Å²) in [6, 6.07) is 14.1. The van der Waals surface area contributed by atoms with E-state index < -0.39 is 12.1 Å². The molecule has 120 valence electrons. The largest absolute Gasteiger partial charge is 0.504 e. The number of aliphatic hydroxyl groups is 1. The Labute approximate surface area is 137 Å². The molecule has 0 amide bonds. The maximum absolute atomic E-state index is 10.3. The molecular formula is C17H22ClNO3. The van der Waals surface area contributed by atoms with Gasteiger partial charge in [-0.2, -0.15) is 0 Å². The van der Waals surface area contributed by atoms with Crippen molar-refractivity contribution in [2.45, 2.75) is 25.5 Å². The number of aromatic hydroxyl groups is 1. The van der Waals surface area contributed by atoms with Crippen LogP contribution in [0.15, 0.2) is 48.5 Å². The van der Waals surface area contributed by atoms with Crippen molar-refractivity contribution in [1.82, 2.24) is 0 Å². The van der Waals surface area contributed by atoms with Crippen molar-refractivity contribution in [3.05, 3.63) is 59.7 Å². The molecule has 2 rings (SSSR count). The van der Waals surface area contributed by atoms with Crippen molar-refractivity contribution in [3.8, 4) is 11.5 Å². The predicted molar refractivity (Wildman–Crippen MR) is 89.6 cm³/mol. The Hall–Kier alpha value is -1.75. The zero-order valence-electron chi connectivity index (χ0n) is 12.5. The van der Waals surface area contributed by atoms with Gasteiger partial charge in [0.25, 0.3) is 0 Å². The first-order chi connectivity index (χ1) is 10.1. The number of para-hydroxylation sites is 1. The van der Waals surface area contributed by atoms with Crippen LogP contribution in [0.3, 0.4) is 0 Å². The Balaban J connectivity index is 0.00000242. The van der Waals surface area contributed by atoms with Gasteiger partial charge in [0.05, 0.1) is 18.8 Å². The summed E-state index contributed by atoms with van der Waals surface area (Å²) in [5.74, 6) is 0.385. The van der Waals surface area contributed by atoms with E-state index >= 15 is 0 Å². The van der Waals surface area contributed by atoms with Crippen LogP contribution in [0.25, 0.3) is 0 Å². The van der Waals surface area contributed by atoms with Crippen LogP contribution in [0.1, 0.15) is 24.1 Å². The molecule has 0 aromatic heterocycles. The van der Waals surface area contributed by atoms with E-state index in [1.807, 2.05) is 37.3 Å². The van der Waals surface area contributed by atoms with Crippen molar-refractivity contribution in [1.29, 1.82) is 0 Å². The van der Waals surface area contributed by atoms with Crippen LogP contribution in [0.5, 0.6) is 11.5 Å². The van der Waals surface area contributed by atoms with E-state index in [4.69, 9.17) is 10.5 Å². The fourth-order valence-corrected chi connectivity index (χ4v) is 2.27. The lowest BCUT2D eigenvalue weighted by atomic mass is 9.96. The third-order valence-electron chi connectivity index (χ3n) is 3.39. The number of hydrogen-bond acceptors (Lipinski definition) is 4. The van der Waals surface area contributed by atoms with E-state index in [0.717, 1.165) is 5.56 Å². The van der Waals surface area contributed by atoms with Gasteiger partial charge in [0.15, 0.2) is 11.5 Å². The maximum Gasteiger partial charge on any atom is 0.162 e. The SMILES string of the molecule is CCOc1cccc([C@H](N)[C@H](O)Cc2ccccc2)c1O.Cl. The Bertz CT molecular complexity index is 577. The van der Waals surface area contributed by atoms with Gasteiger partial charge in [-0.1, -0.05) is 42.5 Å². The first kappa shape index (κ1) is 18.3. The standard InChI is InChI=1S/C17H21NO3.ClH/c1-2-21-15-10-6-9-13(17(15)20)16(18)14(19)11-12-7-4-3-5-8-12;/h3-10,14,16,19-20H,2,11,18H2,1H3;1H/t14-,16+;/m1./s1. The van der Waals surface area contributed by atoms with Crippen molar-refractivity contribution in [2.24, 2.45) is 5.73 Å². The monoisotopic (exact) mass is 323 g/mol. The summed E-state index contributed by atoms with van der Waals surface area (Å²) >= 11 is 0. The Kier molecular flexibility index (Phi) is 7.18. The molecule has 2 atom stereocenters. The van der Waals surface area contributed by atoms with Crippen LogP contribution >= 0.6 is 12.4 Å². The third-order valence-corrected chi connectivity index (χ3v) is 3.39. The van der Waals surface area contributed by atoms with Crippen LogP contribution in [-0.2, 0) is 6.42 Å². The lowest BCUT2D eigenvalue weighted by Gasteiger charge is -2.21. The van der Waals surface area contributed by atoms with Crippen LogP contribution in [-0.4, -0.2) is 22.9 Å². The van der Waals surface area contributed by atoms with Gasteiger partial charge in [0, 0.05) is 12.0 Å². The third kappa shape index (κ3) is 4.37. The summed E-state index contributed by atoms with van der Waals surface area (Å²) in [6.07, 6.45) is -0.351. The van der Waals surface area contributed by atoms with Gasteiger partial charge >= 0.3 is 0 Å². The number of benzene rings is 2. The molecule has 4 N–H and O–H groups in total. The molecule has 0 fully saturated rings. The first-order valence-corrected chi connectivity index (χ1v) is 7.05.